The molecule has 0 spiro atoms. The van der Waals surface area contributed by atoms with Gasteiger partial charge in [-0.1, -0.05) is 23.7 Å². The van der Waals surface area contributed by atoms with E-state index in [0.29, 0.717) is 10.6 Å². The van der Waals surface area contributed by atoms with Crippen LogP contribution >= 0.6 is 23.4 Å². The first kappa shape index (κ1) is 20.3. The van der Waals surface area contributed by atoms with Crippen molar-refractivity contribution in [2.45, 2.75) is 9.79 Å². The molecule has 138 valence electrons. The van der Waals surface area contributed by atoms with Gasteiger partial charge in [-0.2, -0.15) is 0 Å². The third-order valence-corrected chi connectivity index (χ3v) is 5.86. The van der Waals surface area contributed by atoms with Crippen molar-refractivity contribution >= 4 is 50.0 Å². The number of nitrogens with one attached hydrogen (secondary N) is 1. The van der Waals surface area contributed by atoms with E-state index in [-0.39, 0.29) is 20.7 Å². The number of carbonyl (C=O) groups is 2. The van der Waals surface area contributed by atoms with Gasteiger partial charge in [0.15, 0.2) is 9.84 Å². The first-order valence-corrected chi connectivity index (χ1v) is 10.5. The number of halogens is 1. The van der Waals surface area contributed by atoms with Crippen molar-refractivity contribution in [2.75, 3.05) is 25.7 Å². The highest BCUT2D eigenvalue weighted by Gasteiger charge is 2.18. The predicted molar refractivity (Wildman–Crippen MR) is 104 cm³/mol. The number of benzene rings is 2. The Kier molecular flexibility index (Phi) is 6.33. The van der Waals surface area contributed by atoms with Gasteiger partial charge in [0.2, 0.25) is 0 Å². The largest absolute Gasteiger partial charge is 0.339 e. The normalized spacial score (nSPS) is 11.1. The quantitative estimate of drug-likeness (QED) is 0.773. The van der Waals surface area contributed by atoms with Crippen LogP contribution in [0.25, 0.3) is 0 Å². The molecule has 0 aliphatic carbocycles. The van der Waals surface area contributed by atoms with Gasteiger partial charge in [0.05, 0.1) is 21.2 Å². The van der Waals surface area contributed by atoms with Crippen molar-refractivity contribution < 1.29 is 18.0 Å². The molecule has 0 fully saturated rings. The molecule has 2 aromatic rings. The summed E-state index contributed by atoms with van der Waals surface area (Å²) in [6.45, 7) is 0. The summed E-state index contributed by atoms with van der Waals surface area (Å²) < 4.78 is 23.4. The fourth-order valence-electron chi connectivity index (χ4n) is 1.94. The zero-order chi connectivity index (χ0) is 19.5. The number of carbonyl (C=O) groups excluding carboxylic acids is 2. The Balaban J connectivity index is 2.33. The lowest BCUT2D eigenvalue weighted by atomic mass is 10.2. The lowest BCUT2D eigenvalue weighted by Crippen LogP contribution is -2.17. The van der Waals surface area contributed by atoms with Gasteiger partial charge in [-0.3, -0.25) is 9.59 Å². The maximum absolute atomic E-state index is 12.6. The van der Waals surface area contributed by atoms with E-state index in [1.807, 2.05) is 0 Å². The lowest BCUT2D eigenvalue weighted by Gasteiger charge is -2.13. The fraction of sp³-hybridized carbons (Fsp3) is 0.176. The molecular formula is C17H17ClN2O4S2. The Bertz CT molecular complexity index is 959. The van der Waals surface area contributed by atoms with Crippen molar-refractivity contribution in [3.8, 4) is 0 Å². The van der Waals surface area contributed by atoms with E-state index in [4.69, 9.17) is 11.6 Å². The monoisotopic (exact) mass is 412 g/mol. The summed E-state index contributed by atoms with van der Waals surface area (Å²) in [5.74, 6) is -0.564. The highest BCUT2D eigenvalue weighted by atomic mass is 35.5. The third kappa shape index (κ3) is 5.00. The summed E-state index contributed by atoms with van der Waals surface area (Å²) in [5.41, 5.74) is 0.465. The van der Waals surface area contributed by atoms with Crippen LogP contribution in [-0.4, -0.2) is 44.8 Å². The minimum Gasteiger partial charge on any atom is -0.339 e. The zero-order valence-electron chi connectivity index (χ0n) is 14.3. The van der Waals surface area contributed by atoms with Gasteiger partial charge in [0.25, 0.3) is 11.1 Å². The second kappa shape index (κ2) is 8.11. The molecule has 0 aliphatic rings. The van der Waals surface area contributed by atoms with Crippen molar-refractivity contribution in [3.05, 3.63) is 53.1 Å². The number of nitrogens with zero attached hydrogens (tertiary/aromatic N) is 1. The zero-order valence-corrected chi connectivity index (χ0v) is 16.7. The van der Waals surface area contributed by atoms with Crippen LogP contribution in [0.1, 0.15) is 10.4 Å². The molecule has 0 aromatic heterocycles. The average Bonchev–Trinajstić information content (AvgIpc) is 2.55. The van der Waals surface area contributed by atoms with Gasteiger partial charge in [-0.15, -0.1) is 0 Å². The number of amides is 2. The van der Waals surface area contributed by atoms with E-state index in [1.54, 1.807) is 38.4 Å². The van der Waals surface area contributed by atoms with Gasteiger partial charge in [0.1, 0.15) is 0 Å². The van der Waals surface area contributed by atoms with Crippen molar-refractivity contribution in [1.29, 1.82) is 0 Å². The Morgan fingerprint density at radius 2 is 1.77 bits per heavy atom. The molecule has 0 bridgehead atoms. The molecule has 0 saturated carbocycles. The second-order valence-corrected chi connectivity index (χ2v) is 9.04. The molecule has 9 heteroatoms. The average molecular weight is 413 g/mol. The minimum absolute atomic E-state index is 0.00232. The van der Waals surface area contributed by atoms with Crippen molar-refractivity contribution in [3.63, 3.8) is 0 Å². The lowest BCUT2D eigenvalue weighted by molar-refractivity contribution is 0.102. The molecule has 26 heavy (non-hydrogen) atoms. The molecule has 2 aromatic carbocycles. The van der Waals surface area contributed by atoms with Crippen molar-refractivity contribution in [1.82, 2.24) is 4.90 Å². The van der Waals surface area contributed by atoms with Crippen LogP contribution in [0.3, 0.4) is 0 Å². The third-order valence-electron chi connectivity index (χ3n) is 3.31. The van der Waals surface area contributed by atoms with Gasteiger partial charge < -0.3 is 10.2 Å². The standard InChI is InChI=1S/C17H17ClN2O4S2/c1-20(2)17(22)25-15-7-5-4-6-14(15)19-16(21)12-10-11(26(3,23)24)8-9-13(12)18/h4-10H,1-3H3,(H,19,21). The molecule has 0 unspecified atom stereocenters. The Hall–Kier alpha value is -2.03. The van der Waals surface area contributed by atoms with E-state index >= 15 is 0 Å². The topological polar surface area (TPSA) is 83.6 Å². The maximum atomic E-state index is 12.6. The molecule has 0 saturated heterocycles. The number of sulfone groups is 1. The Morgan fingerprint density at radius 3 is 2.38 bits per heavy atom. The highest BCUT2D eigenvalue weighted by Crippen LogP contribution is 2.30. The van der Waals surface area contributed by atoms with Gasteiger partial charge in [0, 0.05) is 25.2 Å². The van der Waals surface area contributed by atoms with Crippen LogP contribution in [0.2, 0.25) is 5.02 Å². The number of thioether (sulfide) groups is 1. The van der Waals surface area contributed by atoms with E-state index < -0.39 is 15.7 Å². The summed E-state index contributed by atoms with van der Waals surface area (Å²) in [6.07, 6.45) is 1.05. The molecule has 0 aliphatic heterocycles. The first-order valence-electron chi connectivity index (χ1n) is 7.38. The number of anilines is 1. The van der Waals surface area contributed by atoms with Crippen LogP contribution in [0.4, 0.5) is 10.5 Å². The number of rotatable bonds is 4. The van der Waals surface area contributed by atoms with Crippen LogP contribution in [0, 0.1) is 0 Å². The fourth-order valence-corrected chi connectivity index (χ4v) is 3.54. The smallest absolute Gasteiger partial charge is 0.286 e. The van der Waals surface area contributed by atoms with E-state index in [1.165, 1.54) is 23.1 Å². The second-order valence-electron chi connectivity index (χ2n) is 5.63. The van der Waals surface area contributed by atoms with Gasteiger partial charge in [-0.05, 0) is 42.1 Å². The summed E-state index contributed by atoms with van der Waals surface area (Å²) in [6, 6.07) is 10.8. The van der Waals surface area contributed by atoms with Crippen LogP contribution in [0.15, 0.2) is 52.3 Å². The minimum atomic E-state index is -3.47. The summed E-state index contributed by atoms with van der Waals surface area (Å²) >= 11 is 7.02. The molecule has 2 rings (SSSR count). The molecule has 0 heterocycles. The molecule has 2 amide bonds. The molecule has 0 atom stereocenters. The summed E-state index contributed by atoms with van der Waals surface area (Å²) in [5, 5.41) is 2.62. The number of para-hydroxylation sites is 1. The summed E-state index contributed by atoms with van der Waals surface area (Å²) in [7, 11) is -0.211. The van der Waals surface area contributed by atoms with Gasteiger partial charge in [-0.25, -0.2) is 8.42 Å². The molecule has 0 radical (unpaired) electrons. The predicted octanol–water partition coefficient (Wildman–Crippen LogP) is 3.77. The van der Waals surface area contributed by atoms with Crippen LogP contribution in [-0.2, 0) is 9.84 Å². The SMILES string of the molecule is CN(C)C(=O)Sc1ccccc1NC(=O)c1cc(S(C)(=O)=O)ccc1Cl. The summed E-state index contributed by atoms with van der Waals surface area (Å²) in [4.78, 5) is 26.5. The number of hydrogen-bond donors (Lipinski definition) is 1. The van der Waals surface area contributed by atoms with Crippen LogP contribution in [0.5, 0.6) is 0 Å². The Morgan fingerprint density at radius 1 is 1.12 bits per heavy atom. The van der Waals surface area contributed by atoms with Crippen LogP contribution < -0.4 is 5.32 Å². The molecule has 6 nitrogen and oxygen atoms in total. The highest BCUT2D eigenvalue weighted by molar-refractivity contribution is 8.13. The molecular weight excluding hydrogens is 396 g/mol. The number of hydrogen-bond acceptors (Lipinski definition) is 5. The molecule has 1 N–H and O–H groups in total. The first-order chi connectivity index (χ1) is 12.1. The van der Waals surface area contributed by atoms with E-state index in [0.717, 1.165) is 18.0 Å². The maximum Gasteiger partial charge on any atom is 0.286 e. The van der Waals surface area contributed by atoms with E-state index in [9.17, 15) is 18.0 Å². The van der Waals surface area contributed by atoms with E-state index in [2.05, 4.69) is 5.32 Å². The van der Waals surface area contributed by atoms with Crippen molar-refractivity contribution in [2.24, 2.45) is 0 Å². The van der Waals surface area contributed by atoms with Gasteiger partial charge >= 0.3 is 0 Å². The Labute approximate surface area is 161 Å².